The molecule has 0 bridgehead atoms. The van der Waals surface area contributed by atoms with Gasteiger partial charge in [0.05, 0.1) is 24.2 Å². The smallest absolute Gasteiger partial charge is 0.258 e. The van der Waals surface area contributed by atoms with E-state index in [-0.39, 0.29) is 12.5 Å². The highest BCUT2D eigenvalue weighted by Crippen LogP contribution is 2.26. The van der Waals surface area contributed by atoms with E-state index in [4.69, 9.17) is 26.1 Å². The number of nitrogens with zero attached hydrogens (tertiary/aromatic N) is 2. The summed E-state index contributed by atoms with van der Waals surface area (Å²) in [7, 11) is 0. The van der Waals surface area contributed by atoms with E-state index in [9.17, 15) is 4.79 Å². The highest BCUT2D eigenvalue weighted by molar-refractivity contribution is 6.30. The molecule has 1 amide bonds. The zero-order chi connectivity index (χ0) is 24.6. The number of fused-ring (bicyclic) bond motifs is 1. The number of halogens is 1. The number of imidazole rings is 1. The third-order valence-corrected chi connectivity index (χ3v) is 5.94. The first-order valence-electron chi connectivity index (χ1n) is 11.8. The molecule has 1 heterocycles. The van der Waals surface area contributed by atoms with Gasteiger partial charge in [0, 0.05) is 11.6 Å². The lowest BCUT2D eigenvalue weighted by molar-refractivity contribution is -0.123. The van der Waals surface area contributed by atoms with E-state index in [0.717, 1.165) is 35.6 Å². The van der Waals surface area contributed by atoms with Crippen molar-refractivity contribution < 1.29 is 14.3 Å². The molecule has 0 radical (unpaired) electrons. The van der Waals surface area contributed by atoms with Crippen LogP contribution in [-0.4, -0.2) is 28.7 Å². The van der Waals surface area contributed by atoms with E-state index in [1.807, 2.05) is 42.5 Å². The molecule has 35 heavy (non-hydrogen) atoms. The Morgan fingerprint density at radius 2 is 1.74 bits per heavy atom. The fraction of sp³-hybridized carbons (Fsp3) is 0.286. The third-order valence-electron chi connectivity index (χ3n) is 5.69. The maximum Gasteiger partial charge on any atom is 0.258 e. The second-order valence-electron chi connectivity index (χ2n) is 8.58. The number of aromatic nitrogens is 2. The average Bonchev–Trinajstić information content (AvgIpc) is 3.22. The van der Waals surface area contributed by atoms with Gasteiger partial charge in [-0.1, -0.05) is 55.8 Å². The van der Waals surface area contributed by atoms with Crippen LogP contribution in [0.4, 0.5) is 0 Å². The number of aryl methyl sites for hydroxylation is 1. The Morgan fingerprint density at radius 1 is 1.00 bits per heavy atom. The van der Waals surface area contributed by atoms with Crippen LogP contribution in [0.5, 0.6) is 11.5 Å². The lowest BCUT2D eigenvalue weighted by atomic mass is 10.0. The monoisotopic (exact) mass is 491 g/mol. The van der Waals surface area contributed by atoms with Crippen LogP contribution in [0.1, 0.15) is 37.6 Å². The van der Waals surface area contributed by atoms with Gasteiger partial charge in [-0.05, 0) is 60.4 Å². The molecule has 4 aromatic rings. The van der Waals surface area contributed by atoms with Crippen molar-refractivity contribution in [2.45, 2.75) is 39.3 Å². The van der Waals surface area contributed by atoms with Gasteiger partial charge in [0.1, 0.15) is 17.3 Å². The summed E-state index contributed by atoms with van der Waals surface area (Å²) >= 11 is 5.88. The summed E-state index contributed by atoms with van der Waals surface area (Å²) in [6, 6.07) is 23.1. The molecule has 1 aromatic heterocycles. The summed E-state index contributed by atoms with van der Waals surface area (Å²) in [6.45, 7) is 5.90. The number of amides is 1. The predicted molar refractivity (Wildman–Crippen MR) is 139 cm³/mol. The van der Waals surface area contributed by atoms with Crippen molar-refractivity contribution in [1.82, 2.24) is 14.9 Å². The van der Waals surface area contributed by atoms with Crippen molar-refractivity contribution in [2.24, 2.45) is 0 Å². The molecule has 0 aliphatic heterocycles. The summed E-state index contributed by atoms with van der Waals surface area (Å²) in [5.41, 5.74) is 3.15. The van der Waals surface area contributed by atoms with Crippen LogP contribution in [0.3, 0.4) is 0 Å². The minimum absolute atomic E-state index is 0.0784. The van der Waals surface area contributed by atoms with E-state index < -0.39 is 0 Å². The van der Waals surface area contributed by atoms with Crippen LogP contribution in [0.15, 0.2) is 72.8 Å². The number of carbonyl (C=O) groups excluding carboxylic acids is 1. The van der Waals surface area contributed by atoms with Crippen molar-refractivity contribution in [3.8, 4) is 11.5 Å². The molecule has 7 heteroatoms. The van der Waals surface area contributed by atoms with Crippen molar-refractivity contribution in [1.29, 1.82) is 0 Å². The van der Waals surface area contributed by atoms with Gasteiger partial charge in [-0.3, -0.25) is 4.79 Å². The number of hydrogen-bond donors (Lipinski definition) is 1. The van der Waals surface area contributed by atoms with Crippen LogP contribution in [0.2, 0.25) is 5.02 Å². The predicted octanol–water partition coefficient (Wildman–Crippen LogP) is 5.98. The quantitative estimate of drug-likeness (QED) is 0.262. The van der Waals surface area contributed by atoms with Gasteiger partial charge in [0.15, 0.2) is 6.61 Å². The maximum absolute atomic E-state index is 12.4. The Hall–Kier alpha value is -3.51. The average molecular weight is 492 g/mol. The molecule has 0 spiro atoms. The second-order valence-corrected chi connectivity index (χ2v) is 9.02. The number of ether oxygens (including phenoxy) is 2. The van der Waals surface area contributed by atoms with Gasteiger partial charge in [-0.25, -0.2) is 4.98 Å². The van der Waals surface area contributed by atoms with E-state index in [0.29, 0.717) is 29.8 Å². The highest BCUT2D eigenvalue weighted by atomic mass is 35.5. The van der Waals surface area contributed by atoms with E-state index in [2.05, 4.69) is 29.8 Å². The molecule has 0 atom stereocenters. The molecule has 0 aliphatic carbocycles. The van der Waals surface area contributed by atoms with E-state index in [1.54, 1.807) is 24.3 Å². The molecule has 0 aliphatic rings. The minimum atomic E-state index is -0.216. The van der Waals surface area contributed by atoms with Gasteiger partial charge in [-0.15, -0.1) is 0 Å². The van der Waals surface area contributed by atoms with Crippen molar-refractivity contribution >= 4 is 28.5 Å². The summed E-state index contributed by atoms with van der Waals surface area (Å²) < 4.78 is 13.8. The standard InChI is InChI=1S/C28H30ClN3O3/c1-20(2)23-8-3-6-11-26(23)34-17-7-16-32-25-10-5-4-9-24(25)31-27(32)18-30-28(33)19-35-22-14-12-21(29)13-15-22/h3-6,8-15,20H,7,16-19H2,1-2H3,(H,30,33). The molecule has 1 N–H and O–H groups in total. The maximum atomic E-state index is 12.4. The molecule has 6 nitrogen and oxygen atoms in total. The van der Waals surface area contributed by atoms with Crippen LogP contribution >= 0.6 is 11.6 Å². The molecule has 3 aromatic carbocycles. The Balaban J connectivity index is 1.35. The Labute approximate surface area is 210 Å². The lowest BCUT2D eigenvalue weighted by Gasteiger charge is -2.15. The van der Waals surface area contributed by atoms with Crippen LogP contribution in [0, 0.1) is 0 Å². The summed E-state index contributed by atoms with van der Waals surface area (Å²) in [5.74, 6) is 2.52. The molecular weight excluding hydrogens is 462 g/mol. The van der Waals surface area contributed by atoms with Gasteiger partial charge in [-0.2, -0.15) is 0 Å². The SMILES string of the molecule is CC(C)c1ccccc1OCCCn1c(CNC(=O)COc2ccc(Cl)cc2)nc2ccccc21. The van der Waals surface area contributed by atoms with Gasteiger partial charge in [0.2, 0.25) is 0 Å². The molecule has 182 valence electrons. The third kappa shape index (κ3) is 6.55. The van der Waals surface area contributed by atoms with Crippen molar-refractivity contribution in [3.05, 3.63) is 89.2 Å². The second kappa shape index (κ2) is 11.8. The summed E-state index contributed by atoms with van der Waals surface area (Å²) in [5, 5.41) is 3.53. The molecule has 0 unspecified atom stereocenters. The Kier molecular flexibility index (Phi) is 8.27. The first kappa shape index (κ1) is 24.6. The molecular formula is C28H30ClN3O3. The fourth-order valence-electron chi connectivity index (χ4n) is 3.91. The molecule has 0 saturated heterocycles. The lowest BCUT2D eigenvalue weighted by Crippen LogP contribution is -2.29. The molecule has 4 rings (SSSR count). The van der Waals surface area contributed by atoms with E-state index in [1.165, 1.54) is 5.56 Å². The summed E-state index contributed by atoms with van der Waals surface area (Å²) in [6.07, 6.45) is 0.813. The van der Waals surface area contributed by atoms with Crippen LogP contribution < -0.4 is 14.8 Å². The number of para-hydroxylation sites is 3. The minimum Gasteiger partial charge on any atom is -0.493 e. The summed E-state index contributed by atoms with van der Waals surface area (Å²) in [4.78, 5) is 17.1. The van der Waals surface area contributed by atoms with Crippen LogP contribution in [-0.2, 0) is 17.9 Å². The number of rotatable bonds is 11. The zero-order valence-electron chi connectivity index (χ0n) is 20.0. The zero-order valence-corrected chi connectivity index (χ0v) is 20.8. The largest absolute Gasteiger partial charge is 0.493 e. The van der Waals surface area contributed by atoms with E-state index >= 15 is 0 Å². The normalized spacial score (nSPS) is 11.1. The number of hydrogen-bond acceptors (Lipinski definition) is 4. The van der Waals surface area contributed by atoms with Crippen LogP contribution in [0.25, 0.3) is 11.0 Å². The highest BCUT2D eigenvalue weighted by Gasteiger charge is 2.13. The topological polar surface area (TPSA) is 65.4 Å². The number of benzene rings is 3. The molecule has 0 fully saturated rings. The van der Waals surface area contributed by atoms with Crippen molar-refractivity contribution in [3.63, 3.8) is 0 Å². The van der Waals surface area contributed by atoms with Crippen molar-refractivity contribution in [2.75, 3.05) is 13.2 Å². The first-order valence-corrected chi connectivity index (χ1v) is 12.2. The van der Waals surface area contributed by atoms with Gasteiger partial charge < -0.3 is 19.4 Å². The number of carbonyl (C=O) groups is 1. The van der Waals surface area contributed by atoms with Gasteiger partial charge >= 0.3 is 0 Å². The number of nitrogens with one attached hydrogen (secondary N) is 1. The Morgan fingerprint density at radius 3 is 2.54 bits per heavy atom. The fourth-order valence-corrected chi connectivity index (χ4v) is 4.04. The molecule has 0 saturated carbocycles. The Bertz CT molecular complexity index is 1270. The van der Waals surface area contributed by atoms with Gasteiger partial charge in [0.25, 0.3) is 5.91 Å². The first-order chi connectivity index (χ1) is 17.0.